The van der Waals surface area contributed by atoms with Crippen LogP contribution in [0.3, 0.4) is 0 Å². The van der Waals surface area contributed by atoms with Crippen LogP contribution in [-0.4, -0.2) is 22.9 Å². The van der Waals surface area contributed by atoms with Gasteiger partial charge in [0.05, 0.1) is 25.4 Å². The highest BCUT2D eigenvalue weighted by Gasteiger charge is 2.08. The van der Waals surface area contributed by atoms with Gasteiger partial charge in [-0.1, -0.05) is 13.8 Å². The maximum absolute atomic E-state index is 11.5. The highest BCUT2D eigenvalue weighted by molar-refractivity contribution is 5.80. The lowest BCUT2D eigenvalue weighted by Crippen LogP contribution is -2.08. The van der Waals surface area contributed by atoms with Crippen LogP contribution in [0.5, 0.6) is 5.88 Å². The van der Waals surface area contributed by atoms with Crippen LogP contribution in [-0.2, 0) is 11.2 Å². The summed E-state index contributed by atoms with van der Waals surface area (Å²) >= 11 is 0. The first-order chi connectivity index (χ1) is 7.11. The molecule has 82 valence electrons. The number of ether oxygens (including phenoxy) is 1. The Hall–Kier alpha value is -1.45. The first-order valence-corrected chi connectivity index (χ1v) is 4.98. The molecule has 0 saturated heterocycles. The molecule has 0 aliphatic rings. The zero-order valence-electron chi connectivity index (χ0n) is 9.36. The fourth-order valence-corrected chi connectivity index (χ4v) is 1.30. The van der Waals surface area contributed by atoms with Crippen LogP contribution in [0.25, 0.3) is 0 Å². The highest BCUT2D eigenvalue weighted by Crippen LogP contribution is 2.07. The summed E-state index contributed by atoms with van der Waals surface area (Å²) in [5, 5.41) is 0. The zero-order valence-corrected chi connectivity index (χ0v) is 9.36. The van der Waals surface area contributed by atoms with Crippen molar-refractivity contribution in [2.45, 2.75) is 26.7 Å². The van der Waals surface area contributed by atoms with E-state index in [4.69, 9.17) is 4.74 Å². The summed E-state index contributed by atoms with van der Waals surface area (Å²) in [6, 6.07) is 0. The number of aromatic nitrogens is 2. The molecule has 0 radical (unpaired) electrons. The third kappa shape index (κ3) is 4.06. The average Bonchev–Trinajstić information content (AvgIpc) is 2.16. The Labute approximate surface area is 89.7 Å². The van der Waals surface area contributed by atoms with Crippen molar-refractivity contribution < 1.29 is 9.53 Å². The van der Waals surface area contributed by atoms with E-state index < -0.39 is 0 Å². The Kier molecular flexibility index (Phi) is 4.21. The van der Waals surface area contributed by atoms with Crippen LogP contribution in [0, 0.1) is 5.92 Å². The monoisotopic (exact) mass is 208 g/mol. The minimum atomic E-state index is 0.188. The maximum Gasteiger partial charge on any atom is 0.232 e. The highest BCUT2D eigenvalue weighted by atomic mass is 16.5. The van der Waals surface area contributed by atoms with Crippen LogP contribution in [0.2, 0.25) is 0 Å². The smallest absolute Gasteiger partial charge is 0.232 e. The van der Waals surface area contributed by atoms with E-state index in [9.17, 15) is 4.79 Å². The fourth-order valence-electron chi connectivity index (χ4n) is 1.30. The average molecular weight is 208 g/mol. The number of hydrogen-bond donors (Lipinski definition) is 0. The van der Waals surface area contributed by atoms with Crippen molar-refractivity contribution in [1.29, 1.82) is 0 Å². The molecule has 0 unspecified atom stereocenters. The summed E-state index contributed by atoms with van der Waals surface area (Å²) in [5.74, 6) is 1.02. The molecule has 0 N–H and O–H groups in total. The zero-order chi connectivity index (χ0) is 11.3. The standard InChI is InChI=1S/C11H16N2O2/c1-8(2)4-10(14)5-9-6-12-7-11(13-9)15-3/h6-8H,4-5H2,1-3H3. The van der Waals surface area contributed by atoms with Crippen molar-refractivity contribution in [3.8, 4) is 5.88 Å². The Bertz CT molecular complexity index is 337. The van der Waals surface area contributed by atoms with Crippen molar-refractivity contribution >= 4 is 5.78 Å². The van der Waals surface area contributed by atoms with Crippen molar-refractivity contribution in [1.82, 2.24) is 9.97 Å². The van der Waals surface area contributed by atoms with Crippen molar-refractivity contribution in [3.63, 3.8) is 0 Å². The molecule has 0 atom stereocenters. The van der Waals surface area contributed by atoms with E-state index in [1.54, 1.807) is 6.20 Å². The predicted octanol–water partition coefficient (Wildman–Crippen LogP) is 1.64. The summed E-state index contributed by atoms with van der Waals surface area (Å²) in [6.45, 7) is 4.05. The van der Waals surface area contributed by atoms with E-state index in [0.29, 0.717) is 30.3 Å². The summed E-state index contributed by atoms with van der Waals surface area (Å²) < 4.78 is 4.93. The van der Waals surface area contributed by atoms with E-state index >= 15 is 0 Å². The van der Waals surface area contributed by atoms with E-state index in [1.165, 1.54) is 13.3 Å². The number of methoxy groups -OCH3 is 1. The van der Waals surface area contributed by atoms with Gasteiger partial charge in [-0.25, -0.2) is 4.98 Å². The summed E-state index contributed by atoms with van der Waals surface area (Å²) in [4.78, 5) is 19.6. The number of nitrogens with zero attached hydrogens (tertiary/aromatic N) is 2. The van der Waals surface area contributed by atoms with Crippen LogP contribution >= 0.6 is 0 Å². The number of ketones is 1. The molecule has 4 nitrogen and oxygen atoms in total. The molecule has 1 aromatic rings. The fraction of sp³-hybridized carbons (Fsp3) is 0.545. The van der Waals surface area contributed by atoms with Gasteiger partial charge in [-0.2, -0.15) is 0 Å². The van der Waals surface area contributed by atoms with E-state index in [0.717, 1.165) is 0 Å². The van der Waals surface area contributed by atoms with Gasteiger partial charge in [-0.05, 0) is 5.92 Å². The lowest BCUT2D eigenvalue weighted by atomic mass is 10.0. The van der Waals surface area contributed by atoms with Gasteiger partial charge < -0.3 is 4.74 Å². The van der Waals surface area contributed by atoms with Crippen molar-refractivity contribution in [2.75, 3.05) is 7.11 Å². The first-order valence-electron chi connectivity index (χ1n) is 4.98. The number of Topliss-reactive ketones (excluding diaryl/α,β-unsaturated/α-hetero) is 1. The SMILES string of the molecule is COc1cncc(CC(=O)CC(C)C)n1. The second-order valence-corrected chi connectivity index (χ2v) is 3.87. The molecular weight excluding hydrogens is 192 g/mol. The van der Waals surface area contributed by atoms with Crippen LogP contribution in [0.1, 0.15) is 26.0 Å². The molecule has 4 heteroatoms. The van der Waals surface area contributed by atoms with Crippen molar-refractivity contribution in [3.05, 3.63) is 18.1 Å². The quantitative estimate of drug-likeness (QED) is 0.738. The molecule has 1 aromatic heterocycles. The second-order valence-electron chi connectivity index (χ2n) is 3.87. The van der Waals surface area contributed by atoms with E-state index in [-0.39, 0.29) is 5.78 Å². The molecule has 15 heavy (non-hydrogen) atoms. The molecule has 0 saturated carbocycles. The number of carbonyl (C=O) groups is 1. The predicted molar refractivity (Wildman–Crippen MR) is 56.8 cm³/mol. The minimum absolute atomic E-state index is 0.188. The third-order valence-corrected chi connectivity index (χ3v) is 1.89. The van der Waals surface area contributed by atoms with Gasteiger partial charge in [0.15, 0.2) is 0 Å². The van der Waals surface area contributed by atoms with Gasteiger partial charge in [-0.3, -0.25) is 9.78 Å². The molecular formula is C11H16N2O2. The molecule has 0 aliphatic heterocycles. The van der Waals surface area contributed by atoms with Crippen LogP contribution < -0.4 is 4.74 Å². The summed E-state index contributed by atoms with van der Waals surface area (Å²) in [6.07, 6.45) is 4.04. The van der Waals surface area contributed by atoms with E-state index in [2.05, 4.69) is 9.97 Å². The Morgan fingerprint density at radius 1 is 1.47 bits per heavy atom. The summed E-state index contributed by atoms with van der Waals surface area (Å²) in [7, 11) is 1.53. The van der Waals surface area contributed by atoms with Gasteiger partial charge in [0.2, 0.25) is 5.88 Å². The maximum atomic E-state index is 11.5. The Morgan fingerprint density at radius 2 is 2.20 bits per heavy atom. The van der Waals surface area contributed by atoms with Crippen LogP contribution in [0.15, 0.2) is 12.4 Å². The van der Waals surface area contributed by atoms with Crippen LogP contribution in [0.4, 0.5) is 0 Å². The van der Waals surface area contributed by atoms with Gasteiger partial charge >= 0.3 is 0 Å². The topological polar surface area (TPSA) is 52.1 Å². The first kappa shape index (κ1) is 11.6. The third-order valence-electron chi connectivity index (χ3n) is 1.89. The molecule has 0 fully saturated rings. The Morgan fingerprint density at radius 3 is 2.80 bits per heavy atom. The molecule has 0 aromatic carbocycles. The number of carbonyl (C=O) groups excluding carboxylic acids is 1. The molecule has 1 rings (SSSR count). The molecule has 0 spiro atoms. The van der Waals surface area contributed by atoms with Gasteiger partial charge in [0.1, 0.15) is 5.78 Å². The van der Waals surface area contributed by atoms with E-state index in [1.807, 2.05) is 13.8 Å². The minimum Gasteiger partial charge on any atom is -0.480 e. The van der Waals surface area contributed by atoms with Crippen molar-refractivity contribution in [2.24, 2.45) is 5.92 Å². The normalized spacial score (nSPS) is 10.4. The number of hydrogen-bond acceptors (Lipinski definition) is 4. The van der Waals surface area contributed by atoms with Gasteiger partial charge in [-0.15, -0.1) is 0 Å². The molecule has 0 amide bonds. The second kappa shape index (κ2) is 5.44. The lowest BCUT2D eigenvalue weighted by molar-refractivity contribution is -0.119. The molecule has 0 aliphatic carbocycles. The van der Waals surface area contributed by atoms with Gasteiger partial charge in [0, 0.05) is 12.6 Å². The van der Waals surface area contributed by atoms with Gasteiger partial charge in [0.25, 0.3) is 0 Å². The molecule has 1 heterocycles. The largest absolute Gasteiger partial charge is 0.480 e. The number of rotatable bonds is 5. The lowest BCUT2D eigenvalue weighted by Gasteiger charge is -2.04. The summed E-state index contributed by atoms with van der Waals surface area (Å²) in [5.41, 5.74) is 0.667. The molecule has 0 bridgehead atoms. The Balaban J connectivity index is 2.60.